The van der Waals surface area contributed by atoms with Crippen molar-refractivity contribution < 1.29 is 0 Å². The van der Waals surface area contributed by atoms with Gasteiger partial charge in [-0.25, -0.2) is 0 Å². The van der Waals surface area contributed by atoms with Gasteiger partial charge >= 0.3 is 0 Å². The van der Waals surface area contributed by atoms with Crippen LogP contribution in [0, 0.1) is 0 Å². The average Bonchev–Trinajstić information content (AvgIpc) is 2.97. The third kappa shape index (κ3) is 9.14. The van der Waals surface area contributed by atoms with E-state index in [0.29, 0.717) is 0 Å². The Labute approximate surface area is 247 Å². The first-order valence-electron chi connectivity index (χ1n) is 17.8. The van der Waals surface area contributed by atoms with E-state index in [1.54, 1.807) is 0 Å². The Bertz CT molecular complexity index is 447. The van der Waals surface area contributed by atoms with Gasteiger partial charge in [0.25, 0.3) is 0 Å². The van der Waals surface area contributed by atoms with Crippen LogP contribution in [-0.4, -0.2) is 54.5 Å². The molecule has 0 aromatic carbocycles. The van der Waals surface area contributed by atoms with Crippen molar-refractivity contribution in [3.8, 4) is 0 Å². The lowest BCUT2D eigenvalue weighted by atomic mass is 10.1. The van der Waals surface area contributed by atoms with Crippen LogP contribution in [0.3, 0.4) is 0 Å². The fourth-order valence-corrected chi connectivity index (χ4v) is 35.3. The molecule has 0 heterocycles. The van der Waals surface area contributed by atoms with Gasteiger partial charge in [0.05, 0.1) is 0 Å². The summed E-state index contributed by atoms with van der Waals surface area (Å²) in [5.41, 5.74) is 0. The van der Waals surface area contributed by atoms with Gasteiger partial charge in [0, 0.05) is 0 Å². The molecule has 0 aromatic rings. The first kappa shape index (κ1) is 38.8. The number of unbranched alkanes of at least 4 members (excludes halogenated alkanes) is 5. The number of hydrogen-bond acceptors (Lipinski definition) is 2. The largest absolute Gasteiger partial charge is 0.345 e. The molecule has 0 bridgehead atoms. The van der Waals surface area contributed by atoms with Gasteiger partial charge in [-0.05, 0) is 98.5 Å². The van der Waals surface area contributed by atoms with E-state index in [1.807, 2.05) is 0 Å². The van der Waals surface area contributed by atoms with Gasteiger partial charge in [-0.3, -0.25) is 0 Å². The fourth-order valence-electron chi connectivity index (χ4n) is 8.49. The molecule has 6 heteroatoms. The molecule has 0 rings (SSSR count). The average molecular weight is 601 g/mol. The van der Waals surface area contributed by atoms with Gasteiger partial charge in [0.2, 0.25) is 0 Å². The van der Waals surface area contributed by atoms with Crippen molar-refractivity contribution in [1.29, 1.82) is 0 Å². The summed E-state index contributed by atoms with van der Waals surface area (Å²) in [6, 6.07) is 17.5. The standard InChI is InChI=1S/C32H76N2Si4/c1-13-35(14-2,15-3)33(36(16-4,17-5)18-6)31-29-27-25-26-28-30-32-34(37(19-7,20-8)21-9)38(22-10,23-11)24-12/h13-32H2,1-12H3. The van der Waals surface area contributed by atoms with Crippen molar-refractivity contribution in [2.75, 3.05) is 13.1 Å². The molecule has 0 saturated carbocycles. The zero-order chi connectivity index (χ0) is 29.3. The molecule has 0 amide bonds. The molecule has 0 aliphatic carbocycles. The van der Waals surface area contributed by atoms with Crippen LogP contribution in [0.4, 0.5) is 0 Å². The molecule has 0 atom stereocenters. The number of hydrogen-bond donors (Lipinski definition) is 0. The zero-order valence-electron chi connectivity index (χ0n) is 29.0. The summed E-state index contributed by atoms with van der Waals surface area (Å²) >= 11 is 0. The maximum atomic E-state index is 3.30. The zero-order valence-corrected chi connectivity index (χ0v) is 33.0. The van der Waals surface area contributed by atoms with E-state index < -0.39 is 32.9 Å². The van der Waals surface area contributed by atoms with E-state index in [2.05, 4.69) is 91.5 Å². The normalized spacial score (nSPS) is 13.7. The van der Waals surface area contributed by atoms with Crippen molar-refractivity contribution in [3.05, 3.63) is 0 Å². The van der Waals surface area contributed by atoms with Gasteiger partial charge in [0.15, 0.2) is 0 Å². The lowest BCUT2D eigenvalue weighted by Gasteiger charge is -2.52. The second-order valence-corrected chi connectivity index (χ2v) is 33.9. The van der Waals surface area contributed by atoms with Crippen LogP contribution < -0.4 is 0 Å². The highest BCUT2D eigenvalue weighted by Gasteiger charge is 2.46. The Morgan fingerprint density at radius 2 is 0.421 bits per heavy atom. The van der Waals surface area contributed by atoms with E-state index in [9.17, 15) is 0 Å². The van der Waals surface area contributed by atoms with Crippen molar-refractivity contribution in [3.63, 3.8) is 0 Å². The highest BCUT2D eigenvalue weighted by atomic mass is 28.4. The van der Waals surface area contributed by atoms with E-state index >= 15 is 0 Å². The first-order chi connectivity index (χ1) is 18.2. The molecule has 2 nitrogen and oxygen atoms in total. The van der Waals surface area contributed by atoms with E-state index in [4.69, 9.17) is 0 Å². The minimum absolute atomic E-state index is 1.30. The highest BCUT2D eigenvalue weighted by Crippen LogP contribution is 2.37. The van der Waals surface area contributed by atoms with E-state index in [-0.39, 0.29) is 0 Å². The Hall–Kier alpha value is 0.788. The smallest absolute Gasteiger partial charge is 0.120 e. The fraction of sp³-hybridized carbons (Fsp3) is 1.00. The predicted octanol–water partition coefficient (Wildman–Crippen LogP) is 12.0. The molecule has 0 N–H and O–H groups in total. The Morgan fingerprint density at radius 1 is 0.263 bits per heavy atom. The summed E-state index contributed by atoms with van der Waals surface area (Å²) in [7, 11) is -5.20. The second kappa shape index (κ2) is 19.8. The van der Waals surface area contributed by atoms with Gasteiger partial charge in [-0.1, -0.05) is 109 Å². The summed E-state index contributed by atoms with van der Waals surface area (Å²) in [4.78, 5) is 0. The molecular weight excluding hydrogens is 525 g/mol. The number of rotatable bonds is 25. The molecular formula is C32H76N2Si4. The minimum Gasteiger partial charge on any atom is -0.345 e. The molecule has 0 radical (unpaired) electrons. The maximum Gasteiger partial charge on any atom is 0.120 e. The first-order valence-corrected chi connectivity index (χ1v) is 28.0. The third-order valence-corrected chi connectivity index (χ3v) is 39.2. The van der Waals surface area contributed by atoms with Gasteiger partial charge in [0.1, 0.15) is 32.9 Å². The topological polar surface area (TPSA) is 6.48 Å². The van der Waals surface area contributed by atoms with Crippen molar-refractivity contribution in [2.24, 2.45) is 0 Å². The molecule has 0 saturated heterocycles. The third-order valence-electron chi connectivity index (χ3n) is 12.2. The second-order valence-electron chi connectivity index (χ2n) is 12.6. The molecule has 0 aromatic heterocycles. The minimum atomic E-state index is -1.30. The number of nitrogens with zero attached hydrogens (tertiary/aromatic N) is 2. The Kier molecular flexibility index (Phi) is 20.2. The SMILES string of the molecule is CC[Si](CC)(CC)N(CCCCCCCCN([Si](CC)(CC)CC)[Si](CC)(CC)CC)[Si](CC)(CC)CC. The molecule has 230 valence electrons. The van der Waals surface area contributed by atoms with Crippen LogP contribution in [0.25, 0.3) is 0 Å². The van der Waals surface area contributed by atoms with Crippen LogP contribution in [-0.2, 0) is 0 Å². The van der Waals surface area contributed by atoms with Crippen molar-refractivity contribution in [1.82, 2.24) is 8.46 Å². The van der Waals surface area contributed by atoms with Crippen LogP contribution in [0.2, 0.25) is 72.5 Å². The Balaban J connectivity index is 5.15. The monoisotopic (exact) mass is 601 g/mol. The molecule has 0 fully saturated rings. The molecule has 0 spiro atoms. The summed E-state index contributed by atoms with van der Waals surface area (Å²) in [5.74, 6) is 0. The lowest BCUT2D eigenvalue weighted by Crippen LogP contribution is -2.66. The quantitative estimate of drug-likeness (QED) is 0.0759. The Morgan fingerprint density at radius 3 is 0.579 bits per heavy atom. The lowest BCUT2D eigenvalue weighted by molar-refractivity contribution is 0.494. The molecule has 0 aliphatic rings. The van der Waals surface area contributed by atoms with E-state index in [1.165, 1.54) is 124 Å². The van der Waals surface area contributed by atoms with Crippen molar-refractivity contribution >= 4 is 32.9 Å². The summed E-state index contributed by atoms with van der Waals surface area (Å²) in [6.07, 6.45) is 8.73. The van der Waals surface area contributed by atoms with Gasteiger partial charge in [-0.15, -0.1) is 0 Å². The van der Waals surface area contributed by atoms with Crippen LogP contribution in [0.15, 0.2) is 0 Å². The van der Waals surface area contributed by atoms with E-state index in [0.717, 1.165) is 0 Å². The van der Waals surface area contributed by atoms with Crippen LogP contribution in [0.1, 0.15) is 122 Å². The highest BCUT2D eigenvalue weighted by molar-refractivity contribution is 6.93. The summed E-state index contributed by atoms with van der Waals surface area (Å²) < 4.78 is 6.60. The van der Waals surface area contributed by atoms with Crippen LogP contribution in [0.5, 0.6) is 0 Å². The molecule has 0 unspecified atom stereocenters. The molecule has 0 aliphatic heterocycles. The van der Waals surface area contributed by atoms with Crippen LogP contribution >= 0.6 is 0 Å². The maximum absolute atomic E-state index is 3.30. The molecule has 38 heavy (non-hydrogen) atoms. The predicted molar refractivity (Wildman–Crippen MR) is 190 cm³/mol. The van der Waals surface area contributed by atoms with Gasteiger partial charge in [-0.2, -0.15) is 0 Å². The summed E-state index contributed by atoms with van der Waals surface area (Å²) in [5, 5.41) is 0. The summed E-state index contributed by atoms with van der Waals surface area (Å²) in [6.45, 7) is 33.1. The van der Waals surface area contributed by atoms with Crippen molar-refractivity contribution in [2.45, 2.75) is 194 Å². The van der Waals surface area contributed by atoms with Gasteiger partial charge < -0.3 is 8.46 Å².